The topological polar surface area (TPSA) is 72.9 Å². The third-order valence-corrected chi connectivity index (χ3v) is 3.12. The van der Waals surface area contributed by atoms with Crippen LogP contribution in [0.5, 0.6) is 0 Å². The lowest BCUT2D eigenvalue weighted by Gasteiger charge is -2.17. The third-order valence-electron chi connectivity index (χ3n) is 3.12. The number of unbranched alkanes of at least 4 members (excludes halogenated alkanes) is 8. The number of hydrogen-bond acceptors (Lipinski definition) is 5. The van der Waals surface area contributed by atoms with Crippen LogP contribution in [-0.2, 0) is 24.1 Å². The van der Waals surface area contributed by atoms with E-state index in [-0.39, 0.29) is 6.42 Å². The van der Waals surface area contributed by atoms with Gasteiger partial charge in [0, 0.05) is 25.5 Å². The Hall–Kier alpha value is -1.59. The van der Waals surface area contributed by atoms with Crippen LogP contribution >= 0.6 is 0 Å². The summed E-state index contributed by atoms with van der Waals surface area (Å²) in [6.45, 7) is 4.48. The van der Waals surface area contributed by atoms with E-state index in [2.05, 4.69) is 16.6 Å². The Morgan fingerprint density at radius 2 is 1.14 bits per heavy atom. The zero-order chi connectivity index (χ0) is 16.8. The van der Waals surface area contributed by atoms with E-state index >= 15 is 0 Å². The van der Waals surface area contributed by atoms with Crippen molar-refractivity contribution in [2.75, 3.05) is 0 Å². The number of hydrogen-bond donors (Lipinski definition) is 0. The maximum absolute atomic E-state index is 11.8. The molecule has 0 fully saturated rings. The maximum Gasteiger partial charge on any atom is 0.333 e. The largest absolute Gasteiger partial charge is 0.333 e. The van der Waals surface area contributed by atoms with Gasteiger partial charge in [0.05, 0.1) is 0 Å². The van der Waals surface area contributed by atoms with Crippen molar-refractivity contribution in [2.45, 2.75) is 85.0 Å². The van der Waals surface area contributed by atoms with E-state index in [1.165, 1.54) is 38.5 Å². The minimum Gasteiger partial charge on any atom is -0.304 e. The molecular weight excluding hydrogens is 286 g/mol. The summed E-state index contributed by atoms with van der Waals surface area (Å²) in [5, 5.41) is 0.384. The van der Waals surface area contributed by atoms with Crippen LogP contribution < -0.4 is 0 Å². The van der Waals surface area contributed by atoms with Gasteiger partial charge in [-0.3, -0.25) is 4.79 Å². The number of carbonyl (C=O) groups is 3. The quantitative estimate of drug-likeness (QED) is 0.454. The van der Waals surface area contributed by atoms with Crippen molar-refractivity contribution in [3.63, 3.8) is 0 Å². The van der Waals surface area contributed by atoms with Crippen LogP contribution in [-0.4, -0.2) is 23.1 Å². The second-order valence-electron chi connectivity index (χ2n) is 5.40. The highest BCUT2D eigenvalue weighted by molar-refractivity contribution is 5.78. The monoisotopic (exact) mass is 315 g/mol. The van der Waals surface area contributed by atoms with E-state index in [9.17, 15) is 14.4 Å². The lowest BCUT2D eigenvalue weighted by atomic mass is 10.1. The second-order valence-corrected chi connectivity index (χ2v) is 5.40. The van der Waals surface area contributed by atoms with Gasteiger partial charge >= 0.3 is 11.9 Å². The number of hydroxylamine groups is 2. The van der Waals surface area contributed by atoms with Crippen LogP contribution in [0.2, 0.25) is 0 Å². The third kappa shape index (κ3) is 12.2. The fourth-order valence-corrected chi connectivity index (χ4v) is 2.03. The zero-order valence-electron chi connectivity index (χ0n) is 14.1. The Balaban J connectivity index is 3.75. The second kappa shape index (κ2) is 13.1. The summed E-state index contributed by atoms with van der Waals surface area (Å²) in [6, 6.07) is 0. The molecule has 0 bridgehead atoms. The van der Waals surface area contributed by atoms with E-state index in [0.29, 0.717) is 11.6 Å². The molecule has 0 heterocycles. The molecule has 0 saturated carbocycles. The van der Waals surface area contributed by atoms with Gasteiger partial charge in [-0.25, -0.2) is 9.59 Å². The Labute approximate surface area is 133 Å². The molecule has 0 aliphatic carbocycles. The van der Waals surface area contributed by atoms with Crippen molar-refractivity contribution in [1.29, 1.82) is 0 Å². The number of amides is 1. The Bertz CT molecular complexity index is 327. The van der Waals surface area contributed by atoms with Gasteiger partial charge < -0.3 is 9.68 Å². The first kappa shape index (κ1) is 20.4. The van der Waals surface area contributed by atoms with Gasteiger partial charge in [-0.05, 0) is 6.42 Å². The normalized spacial score (nSPS) is 10.1. The number of rotatable bonds is 10. The maximum atomic E-state index is 11.8. The van der Waals surface area contributed by atoms with Gasteiger partial charge in [-0.2, -0.15) is 0 Å². The van der Waals surface area contributed by atoms with Crippen molar-refractivity contribution in [2.24, 2.45) is 0 Å². The van der Waals surface area contributed by atoms with Crippen LogP contribution in [0.4, 0.5) is 0 Å². The highest BCUT2D eigenvalue weighted by Crippen LogP contribution is 2.11. The number of nitrogens with zero attached hydrogens (tertiary/aromatic N) is 1. The molecule has 128 valence electrons. The average Bonchev–Trinajstić information content (AvgIpc) is 2.43. The van der Waals surface area contributed by atoms with E-state index in [0.717, 1.165) is 26.7 Å². The van der Waals surface area contributed by atoms with Crippen LogP contribution in [0, 0.1) is 0 Å². The van der Waals surface area contributed by atoms with E-state index < -0.39 is 17.8 Å². The van der Waals surface area contributed by atoms with Crippen LogP contribution in [0.3, 0.4) is 0 Å². The van der Waals surface area contributed by atoms with Gasteiger partial charge in [-0.15, -0.1) is 0 Å². The molecule has 22 heavy (non-hydrogen) atoms. The molecule has 0 saturated heterocycles. The molecule has 6 nitrogen and oxygen atoms in total. The summed E-state index contributed by atoms with van der Waals surface area (Å²) >= 11 is 0. The molecule has 0 radical (unpaired) electrons. The molecule has 0 unspecified atom stereocenters. The van der Waals surface area contributed by atoms with Crippen LogP contribution in [0.1, 0.15) is 85.0 Å². The summed E-state index contributed by atoms with van der Waals surface area (Å²) < 4.78 is 0. The molecule has 0 spiro atoms. The lowest BCUT2D eigenvalue weighted by Crippen LogP contribution is -2.34. The fourth-order valence-electron chi connectivity index (χ4n) is 2.03. The Morgan fingerprint density at radius 1 is 0.727 bits per heavy atom. The van der Waals surface area contributed by atoms with Crippen molar-refractivity contribution < 1.29 is 24.1 Å². The molecule has 6 heteroatoms. The molecule has 0 aromatic heterocycles. The predicted octanol–water partition coefficient (Wildman–Crippen LogP) is 3.69. The van der Waals surface area contributed by atoms with Gasteiger partial charge in [0.25, 0.3) is 5.91 Å². The van der Waals surface area contributed by atoms with Gasteiger partial charge in [0.15, 0.2) is 0 Å². The summed E-state index contributed by atoms with van der Waals surface area (Å²) in [4.78, 5) is 42.6. The first-order valence-electron chi connectivity index (χ1n) is 8.17. The Kier molecular flexibility index (Phi) is 12.2. The van der Waals surface area contributed by atoms with Gasteiger partial charge in [0.1, 0.15) is 0 Å². The average molecular weight is 315 g/mol. The molecule has 0 aromatic rings. The minimum atomic E-state index is -0.707. The van der Waals surface area contributed by atoms with Gasteiger partial charge in [-0.1, -0.05) is 58.3 Å². The number of carbonyl (C=O) groups excluding carboxylic acids is 3. The minimum absolute atomic E-state index is 0.191. The van der Waals surface area contributed by atoms with E-state index in [4.69, 9.17) is 0 Å². The van der Waals surface area contributed by atoms with Crippen molar-refractivity contribution >= 4 is 17.8 Å². The highest BCUT2D eigenvalue weighted by Gasteiger charge is 2.20. The fraction of sp³-hybridized carbons (Fsp3) is 0.812. The van der Waals surface area contributed by atoms with Crippen molar-refractivity contribution in [1.82, 2.24) is 5.23 Å². The van der Waals surface area contributed by atoms with E-state index in [1.807, 2.05) is 0 Å². The van der Waals surface area contributed by atoms with E-state index in [1.54, 1.807) is 0 Å². The van der Waals surface area contributed by atoms with Crippen LogP contribution in [0.15, 0.2) is 0 Å². The molecular formula is C16H29NO5. The smallest absolute Gasteiger partial charge is 0.304 e. The molecule has 0 aliphatic heterocycles. The summed E-state index contributed by atoms with van der Waals surface area (Å²) in [5.74, 6) is -1.93. The first-order valence-corrected chi connectivity index (χ1v) is 8.17. The van der Waals surface area contributed by atoms with Crippen molar-refractivity contribution in [3.05, 3.63) is 0 Å². The summed E-state index contributed by atoms with van der Waals surface area (Å²) in [7, 11) is 0. The summed E-state index contributed by atoms with van der Waals surface area (Å²) in [5.41, 5.74) is 0. The summed E-state index contributed by atoms with van der Waals surface area (Å²) in [6.07, 6.45) is 10.4. The van der Waals surface area contributed by atoms with Crippen molar-refractivity contribution in [3.8, 4) is 0 Å². The zero-order valence-corrected chi connectivity index (χ0v) is 14.1. The molecule has 0 atom stereocenters. The molecule has 0 N–H and O–H groups in total. The van der Waals surface area contributed by atoms with Crippen LogP contribution in [0.25, 0.3) is 0 Å². The standard InChI is InChI=1S/C16H29NO5/c1-4-5-6-7-8-9-10-11-12-13-16(20)17(21-14(2)18)22-15(3)19/h4-13H2,1-3H3. The SMILES string of the molecule is CCCCCCCCCCCC(=O)N(OC(C)=O)OC(C)=O. The lowest BCUT2D eigenvalue weighted by molar-refractivity contribution is -0.304. The van der Waals surface area contributed by atoms with Gasteiger partial charge in [0.2, 0.25) is 0 Å². The molecule has 1 amide bonds. The highest BCUT2D eigenvalue weighted by atomic mass is 17.0. The molecule has 0 aromatic carbocycles. The molecule has 0 aliphatic rings. The molecule has 0 rings (SSSR count). The first-order chi connectivity index (χ1) is 10.5. The predicted molar refractivity (Wildman–Crippen MR) is 82.2 cm³/mol. The Morgan fingerprint density at radius 3 is 1.55 bits per heavy atom.